The lowest BCUT2D eigenvalue weighted by Crippen LogP contribution is -2.42. The number of rotatable bonds is 9. The van der Waals surface area contributed by atoms with Gasteiger partial charge in [0.2, 0.25) is 0 Å². The highest BCUT2D eigenvalue weighted by Crippen LogP contribution is 2.38. The number of benzene rings is 1. The average molecular weight is 541 g/mol. The van der Waals surface area contributed by atoms with Gasteiger partial charge in [0.15, 0.2) is 0 Å². The van der Waals surface area contributed by atoms with Crippen LogP contribution in [0.5, 0.6) is 0 Å². The number of hydrogen-bond donors (Lipinski definition) is 0. The maximum atomic E-state index is 13.3. The van der Waals surface area contributed by atoms with Gasteiger partial charge in [-0.2, -0.15) is 0 Å². The molecule has 3 rings (SSSR count). The van der Waals surface area contributed by atoms with Gasteiger partial charge in [-0.15, -0.1) is 0 Å². The fraction of sp³-hybridized carbons (Fsp3) is 0.500. The summed E-state index contributed by atoms with van der Waals surface area (Å²) in [7, 11) is 0. The fourth-order valence-electron chi connectivity index (χ4n) is 4.51. The van der Waals surface area contributed by atoms with E-state index in [1.807, 2.05) is 56.9 Å². The highest BCUT2D eigenvalue weighted by molar-refractivity contribution is 5.99. The molecule has 2 aliphatic rings. The number of anilines is 1. The topological polar surface area (TPSA) is 94.6 Å². The molecule has 9 heteroatoms. The van der Waals surface area contributed by atoms with Crippen molar-refractivity contribution in [3.05, 3.63) is 58.4 Å². The third kappa shape index (κ3) is 8.03. The number of hydrogen-bond acceptors (Lipinski definition) is 9. The molecule has 39 heavy (non-hydrogen) atoms. The molecule has 0 saturated carbocycles. The Kier molecular flexibility index (Phi) is 10.5. The van der Waals surface area contributed by atoms with Crippen LogP contribution in [0.25, 0.3) is 6.08 Å². The molecule has 212 valence electrons. The maximum Gasteiger partial charge on any atom is 0.336 e. The predicted octanol–water partition coefficient (Wildman–Crippen LogP) is 4.24. The first kappa shape index (κ1) is 30.1. The molecule has 1 fully saturated rings. The van der Waals surface area contributed by atoms with E-state index in [2.05, 4.69) is 4.90 Å². The van der Waals surface area contributed by atoms with E-state index in [0.717, 1.165) is 11.3 Å². The number of carbonyl (C=O) groups is 3. The molecular formula is C30H40N2O7. The van der Waals surface area contributed by atoms with Crippen molar-refractivity contribution in [1.29, 1.82) is 0 Å². The fourth-order valence-corrected chi connectivity index (χ4v) is 4.51. The van der Waals surface area contributed by atoms with Crippen LogP contribution in [-0.2, 0) is 33.3 Å². The van der Waals surface area contributed by atoms with E-state index < -0.39 is 23.5 Å². The van der Waals surface area contributed by atoms with Gasteiger partial charge in [0.25, 0.3) is 0 Å². The van der Waals surface area contributed by atoms with Gasteiger partial charge in [0, 0.05) is 43.5 Å². The Balaban J connectivity index is 2.16. The number of carbonyl (C=O) groups excluding carboxylic acids is 3. The number of esters is 3. The minimum Gasteiger partial charge on any atom is -0.463 e. The van der Waals surface area contributed by atoms with Crippen LogP contribution in [0, 0.1) is 0 Å². The number of ether oxygens (including phenoxy) is 4. The van der Waals surface area contributed by atoms with Crippen LogP contribution in [0.15, 0.2) is 52.9 Å². The van der Waals surface area contributed by atoms with Crippen LogP contribution in [0.2, 0.25) is 0 Å². The lowest BCUT2D eigenvalue weighted by molar-refractivity contribution is -0.148. The summed E-state index contributed by atoms with van der Waals surface area (Å²) < 4.78 is 21.8. The Hall–Kier alpha value is -3.43. The number of para-hydroxylation sites is 1. The zero-order chi connectivity index (χ0) is 28.6. The largest absolute Gasteiger partial charge is 0.463 e. The molecule has 0 radical (unpaired) electrons. The molecule has 1 saturated heterocycles. The van der Waals surface area contributed by atoms with E-state index in [1.165, 1.54) is 6.08 Å². The number of nitrogens with zero attached hydrogens (tertiary/aromatic N) is 2. The van der Waals surface area contributed by atoms with Crippen molar-refractivity contribution in [2.45, 2.75) is 53.6 Å². The Bertz CT molecular complexity index is 1150. The van der Waals surface area contributed by atoms with Gasteiger partial charge >= 0.3 is 17.9 Å². The second-order valence-electron chi connectivity index (χ2n) is 10.3. The first-order valence-corrected chi connectivity index (χ1v) is 13.4. The van der Waals surface area contributed by atoms with Crippen molar-refractivity contribution >= 4 is 29.7 Å². The Morgan fingerprint density at radius 3 is 2.21 bits per heavy atom. The normalized spacial score (nSPS) is 17.0. The van der Waals surface area contributed by atoms with E-state index in [-0.39, 0.29) is 19.6 Å². The number of morpholine rings is 1. The quantitative estimate of drug-likeness (QED) is 0.259. The average Bonchev–Trinajstić information content (AvgIpc) is 2.88. The SMILES string of the molecule is CCOC(=O)C1=C(C)N(c2ccccc2C=CC(=O)OC(C)(C)C)C(CN2CCOCC2)=C(C(=O)OCC)C1. The molecule has 2 heterocycles. The molecule has 0 bridgehead atoms. The highest BCUT2D eigenvalue weighted by atomic mass is 16.6. The van der Waals surface area contributed by atoms with E-state index in [9.17, 15) is 14.4 Å². The second kappa shape index (κ2) is 13.6. The molecule has 0 unspecified atom stereocenters. The molecule has 2 aliphatic heterocycles. The third-order valence-corrected chi connectivity index (χ3v) is 6.25. The van der Waals surface area contributed by atoms with Gasteiger partial charge in [-0.3, -0.25) is 4.90 Å². The summed E-state index contributed by atoms with van der Waals surface area (Å²) in [6.45, 7) is 14.3. The Morgan fingerprint density at radius 1 is 0.974 bits per heavy atom. The van der Waals surface area contributed by atoms with Crippen molar-refractivity contribution in [3.8, 4) is 0 Å². The van der Waals surface area contributed by atoms with Crippen LogP contribution in [0.3, 0.4) is 0 Å². The van der Waals surface area contributed by atoms with Gasteiger partial charge in [-0.1, -0.05) is 18.2 Å². The summed E-state index contributed by atoms with van der Waals surface area (Å²) in [5.74, 6) is -1.41. The zero-order valence-electron chi connectivity index (χ0n) is 23.9. The Labute approximate surface area is 231 Å². The molecule has 1 aromatic rings. The van der Waals surface area contributed by atoms with E-state index in [0.29, 0.717) is 55.4 Å². The molecule has 0 N–H and O–H groups in total. The zero-order valence-corrected chi connectivity index (χ0v) is 23.9. The van der Waals surface area contributed by atoms with Crippen LogP contribution in [0.1, 0.15) is 53.5 Å². The summed E-state index contributed by atoms with van der Waals surface area (Å²) >= 11 is 0. The van der Waals surface area contributed by atoms with Crippen molar-refractivity contribution in [1.82, 2.24) is 4.90 Å². The van der Waals surface area contributed by atoms with Crippen molar-refractivity contribution < 1.29 is 33.3 Å². The molecule has 9 nitrogen and oxygen atoms in total. The molecular weight excluding hydrogens is 500 g/mol. The van der Waals surface area contributed by atoms with Crippen LogP contribution >= 0.6 is 0 Å². The summed E-state index contributed by atoms with van der Waals surface area (Å²) in [5.41, 5.74) is 2.97. The maximum absolute atomic E-state index is 13.3. The van der Waals surface area contributed by atoms with Gasteiger partial charge in [0.1, 0.15) is 5.60 Å². The van der Waals surface area contributed by atoms with Gasteiger partial charge < -0.3 is 23.8 Å². The minimum atomic E-state index is -0.621. The molecule has 0 amide bonds. The third-order valence-electron chi connectivity index (χ3n) is 6.25. The number of allylic oxidation sites excluding steroid dienone is 1. The molecule has 1 aromatic carbocycles. The van der Waals surface area contributed by atoms with Crippen molar-refractivity contribution in [2.75, 3.05) is 51.0 Å². The van der Waals surface area contributed by atoms with E-state index >= 15 is 0 Å². The summed E-state index contributed by atoms with van der Waals surface area (Å²) in [6, 6.07) is 7.51. The predicted molar refractivity (Wildman–Crippen MR) is 149 cm³/mol. The van der Waals surface area contributed by atoms with Gasteiger partial charge in [-0.05, 0) is 59.2 Å². The second-order valence-corrected chi connectivity index (χ2v) is 10.3. The van der Waals surface area contributed by atoms with E-state index in [4.69, 9.17) is 18.9 Å². The Morgan fingerprint density at radius 2 is 1.59 bits per heavy atom. The molecule has 0 aromatic heterocycles. The van der Waals surface area contributed by atoms with Crippen molar-refractivity contribution in [3.63, 3.8) is 0 Å². The summed E-state index contributed by atoms with van der Waals surface area (Å²) in [4.78, 5) is 42.9. The van der Waals surface area contributed by atoms with Crippen LogP contribution in [-0.4, -0.2) is 74.5 Å². The first-order chi connectivity index (χ1) is 18.6. The lowest BCUT2D eigenvalue weighted by Gasteiger charge is -2.39. The first-order valence-electron chi connectivity index (χ1n) is 13.4. The monoisotopic (exact) mass is 540 g/mol. The smallest absolute Gasteiger partial charge is 0.336 e. The lowest BCUT2D eigenvalue weighted by atomic mass is 9.94. The van der Waals surface area contributed by atoms with Gasteiger partial charge in [0.05, 0.1) is 43.3 Å². The van der Waals surface area contributed by atoms with Gasteiger partial charge in [-0.25, -0.2) is 14.4 Å². The van der Waals surface area contributed by atoms with Crippen LogP contribution < -0.4 is 4.90 Å². The summed E-state index contributed by atoms with van der Waals surface area (Å²) in [6.07, 6.45) is 3.18. The summed E-state index contributed by atoms with van der Waals surface area (Å²) in [5, 5.41) is 0. The molecule has 0 atom stereocenters. The van der Waals surface area contributed by atoms with E-state index in [1.54, 1.807) is 19.9 Å². The van der Waals surface area contributed by atoms with Crippen molar-refractivity contribution in [2.24, 2.45) is 0 Å². The minimum absolute atomic E-state index is 0.107. The standard InChI is InChI=1S/C30H40N2O7/c1-7-37-28(34)23-19-24(29(35)38-8-2)26(20-31-15-17-36-18-16-31)32(21(23)3)25-12-10-9-11-22(25)13-14-27(33)39-30(4,5)6/h9-14H,7-8,15-20H2,1-6H3. The molecule has 0 aliphatic carbocycles. The van der Waals surface area contributed by atoms with Crippen LogP contribution in [0.4, 0.5) is 5.69 Å². The molecule has 0 spiro atoms. The highest BCUT2D eigenvalue weighted by Gasteiger charge is 2.35.